The largest absolute Gasteiger partial charge is 0.393 e. The second-order valence-electron chi connectivity index (χ2n) is 9.93. The molecule has 2 aromatic rings. The molecule has 1 amide bonds. The molecular formula is C28H37N3O4S. The number of hydrogen-bond acceptors (Lipinski definition) is 5. The van der Waals surface area contributed by atoms with Crippen LogP contribution in [0, 0.1) is 5.92 Å². The van der Waals surface area contributed by atoms with Gasteiger partial charge in [0.25, 0.3) is 5.91 Å². The van der Waals surface area contributed by atoms with E-state index in [0.29, 0.717) is 43.0 Å². The van der Waals surface area contributed by atoms with Gasteiger partial charge in [-0.15, -0.1) is 0 Å². The summed E-state index contributed by atoms with van der Waals surface area (Å²) < 4.78 is 13.8. The van der Waals surface area contributed by atoms with Gasteiger partial charge in [0.05, 0.1) is 23.9 Å². The van der Waals surface area contributed by atoms with E-state index < -0.39 is 29.2 Å². The van der Waals surface area contributed by atoms with Crippen LogP contribution in [0.25, 0.3) is 6.08 Å². The number of rotatable bonds is 10. The first-order valence-electron chi connectivity index (χ1n) is 12.6. The van der Waals surface area contributed by atoms with Gasteiger partial charge in [0.15, 0.2) is 0 Å². The van der Waals surface area contributed by atoms with Crippen LogP contribution >= 0.6 is 0 Å². The van der Waals surface area contributed by atoms with Crippen molar-refractivity contribution in [3.63, 3.8) is 0 Å². The number of nitrogens with one attached hydrogen (secondary N) is 2. The van der Waals surface area contributed by atoms with E-state index in [-0.39, 0.29) is 11.9 Å². The molecule has 0 radical (unpaired) electrons. The Kier molecular flexibility index (Phi) is 8.95. The molecule has 0 aromatic heterocycles. The number of aliphatic hydroxyl groups excluding tert-OH is 2. The lowest BCUT2D eigenvalue weighted by Gasteiger charge is -2.35. The molecule has 1 saturated heterocycles. The Morgan fingerprint density at radius 3 is 2.64 bits per heavy atom. The van der Waals surface area contributed by atoms with Crippen LogP contribution in [-0.2, 0) is 17.4 Å². The maximum atomic E-state index is 13.5. The number of hydrogen-bond donors (Lipinski definition) is 4. The Morgan fingerprint density at radius 2 is 1.97 bits per heavy atom. The summed E-state index contributed by atoms with van der Waals surface area (Å²) in [4.78, 5) is 13.5. The lowest BCUT2D eigenvalue weighted by atomic mass is 9.90. The molecule has 1 heterocycles. The van der Waals surface area contributed by atoms with Gasteiger partial charge in [-0.25, -0.2) is 4.21 Å². The van der Waals surface area contributed by atoms with E-state index in [0.717, 1.165) is 11.1 Å². The Hall–Kier alpha value is -2.52. The first kappa shape index (κ1) is 26.5. The van der Waals surface area contributed by atoms with Crippen LogP contribution in [0.4, 0.5) is 5.69 Å². The Balaban J connectivity index is 1.59. The van der Waals surface area contributed by atoms with Crippen molar-refractivity contribution in [2.24, 2.45) is 5.92 Å². The molecule has 5 unspecified atom stereocenters. The summed E-state index contributed by atoms with van der Waals surface area (Å²) in [7, 11) is 0.502. The first-order valence-corrected chi connectivity index (χ1v) is 14.2. The van der Waals surface area contributed by atoms with Crippen LogP contribution in [-0.4, -0.2) is 64.5 Å². The number of anilines is 1. The van der Waals surface area contributed by atoms with Crippen LogP contribution in [0.3, 0.4) is 0 Å². The Bertz CT molecular complexity index is 1090. The number of benzene rings is 2. The zero-order chi connectivity index (χ0) is 25.7. The van der Waals surface area contributed by atoms with E-state index in [1.54, 1.807) is 23.7 Å². The smallest absolute Gasteiger partial charge is 0.251 e. The molecule has 8 heteroatoms. The van der Waals surface area contributed by atoms with Crippen molar-refractivity contribution in [1.82, 2.24) is 10.6 Å². The van der Waals surface area contributed by atoms with Crippen LogP contribution in [0.1, 0.15) is 47.2 Å². The normalized spacial score (nSPS) is 22.7. The van der Waals surface area contributed by atoms with Crippen molar-refractivity contribution >= 4 is 28.7 Å². The van der Waals surface area contributed by atoms with Crippen molar-refractivity contribution in [2.75, 3.05) is 24.2 Å². The molecule has 4 N–H and O–H groups in total. The third-order valence-corrected chi connectivity index (χ3v) is 7.97. The van der Waals surface area contributed by atoms with Crippen molar-refractivity contribution < 1.29 is 19.2 Å². The highest BCUT2D eigenvalue weighted by Gasteiger charge is 2.33. The molecule has 2 fully saturated rings. The fraction of sp³-hybridized carbons (Fsp3) is 0.464. The van der Waals surface area contributed by atoms with Gasteiger partial charge in [-0.05, 0) is 73.9 Å². The molecular weight excluding hydrogens is 474 g/mol. The van der Waals surface area contributed by atoms with Crippen molar-refractivity contribution in [3.8, 4) is 0 Å². The van der Waals surface area contributed by atoms with Gasteiger partial charge >= 0.3 is 0 Å². The summed E-state index contributed by atoms with van der Waals surface area (Å²) in [5, 5.41) is 27.8. The molecule has 0 bridgehead atoms. The van der Waals surface area contributed by atoms with E-state index >= 15 is 0 Å². The minimum absolute atomic E-state index is 0.301. The fourth-order valence-electron chi connectivity index (χ4n) is 4.58. The Morgan fingerprint density at radius 1 is 1.22 bits per heavy atom. The van der Waals surface area contributed by atoms with Gasteiger partial charge in [-0.2, -0.15) is 0 Å². The summed E-state index contributed by atoms with van der Waals surface area (Å²) in [6, 6.07) is 14.4. The molecule has 2 aliphatic rings. The van der Waals surface area contributed by atoms with Gasteiger partial charge in [0.1, 0.15) is 11.0 Å². The zero-order valence-corrected chi connectivity index (χ0v) is 21.8. The fourth-order valence-corrected chi connectivity index (χ4v) is 4.98. The van der Waals surface area contributed by atoms with Gasteiger partial charge in [-0.1, -0.05) is 42.5 Å². The molecule has 194 valence electrons. The SMILES string of the molecule is CN(c1cc(/C=C\C2CC2)cc(C(=O)NC(Cc2ccccc2)C(O)C2CC(O)CCN2)c1)S(C)=O. The van der Waals surface area contributed by atoms with E-state index in [4.69, 9.17) is 0 Å². The summed E-state index contributed by atoms with van der Waals surface area (Å²) in [6.07, 6.45) is 8.33. The molecule has 1 aliphatic heterocycles. The lowest BCUT2D eigenvalue weighted by molar-refractivity contribution is 0.0339. The molecule has 36 heavy (non-hydrogen) atoms. The second kappa shape index (κ2) is 12.1. The molecule has 7 nitrogen and oxygen atoms in total. The number of carbonyl (C=O) groups excluding carboxylic acids is 1. The molecule has 4 rings (SSSR count). The van der Waals surface area contributed by atoms with Gasteiger partial charge in [0.2, 0.25) is 0 Å². The number of allylic oxidation sites excluding steroid dienone is 1. The Labute approximate surface area is 216 Å². The highest BCUT2D eigenvalue weighted by Crippen LogP contribution is 2.31. The lowest BCUT2D eigenvalue weighted by Crippen LogP contribution is -2.56. The highest BCUT2D eigenvalue weighted by atomic mass is 32.2. The van der Waals surface area contributed by atoms with Crippen molar-refractivity contribution in [2.45, 2.75) is 56.4 Å². The first-order chi connectivity index (χ1) is 17.3. The minimum Gasteiger partial charge on any atom is -0.393 e. The van der Waals surface area contributed by atoms with Crippen LogP contribution < -0.4 is 14.9 Å². The standard InChI is InChI=1S/C28H37N3O4S/c1-31(36(2)35)23-15-21(11-10-19-8-9-19)14-22(17-23)28(34)30-26(16-20-6-4-3-5-7-20)27(33)25-18-24(32)12-13-29-25/h3-7,10-11,14-15,17,19,24-27,29,32-33H,8-9,12-13,16,18H2,1-2H3,(H,30,34)/b11-10-. The molecule has 1 aliphatic carbocycles. The number of piperidine rings is 1. The number of nitrogens with zero attached hydrogens (tertiary/aromatic N) is 1. The monoisotopic (exact) mass is 511 g/mol. The minimum atomic E-state index is -1.24. The third kappa shape index (κ3) is 7.26. The topological polar surface area (TPSA) is 102 Å². The van der Waals surface area contributed by atoms with Crippen LogP contribution in [0.15, 0.2) is 54.6 Å². The van der Waals surface area contributed by atoms with Crippen LogP contribution in [0.2, 0.25) is 0 Å². The van der Waals surface area contributed by atoms with Gasteiger partial charge < -0.3 is 20.8 Å². The predicted octanol–water partition coefficient (Wildman–Crippen LogP) is 2.65. The molecule has 0 spiro atoms. The molecule has 1 saturated carbocycles. The van der Waals surface area contributed by atoms with Gasteiger partial charge in [-0.3, -0.25) is 9.10 Å². The number of carbonyl (C=O) groups is 1. The highest BCUT2D eigenvalue weighted by molar-refractivity contribution is 7.85. The molecule has 5 atom stereocenters. The zero-order valence-electron chi connectivity index (χ0n) is 21.0. The second-order valence-corrected chi connectivity index (χ2v) is 11.3. The van der Waals surface area contributed by atoms with Crippen molar-refractivity contribution in [1.29, 1.82) is 0 Å². The quantitative estimate of drug-likeness (QED) is 0.393. The number of aliphatic hydroxyl groups is 2. The predicted molar refractivity (Wildman–Crippen MR) is 145 cm³/mol. The summed E-state index contributed by atoms with van der Waals surface area (Å²) in [5.41, 5.74) is 3.01. The average Bonchev–Trinajstić information content (AvgIpc) is 3.71. The van der Waals surface area contributed by atoms with E-state index in [2.05, 4.69) is 16.7 Å². The van der Waals surface area contributed by atoms with E-state index in [1.165, 1.54) is 12.8 Å². The summed E-state index contributed by atoms with van der Waals surface area (Å²) in [5.74, 6) is 0.289. The average molecular weight is 512 g/mol. The van der Waals surface area contributed by atoms with Gasteiger partial charge in [0, 0.05) is 24.9 Å². The van der Waals surface area contributed by atoms with Crippen molar-refractivity contribution in [3.05, 3.63) is 71.3 Å². The summed E-state index contributed by atoms with van der Waals surface area (Å²) >= 11 is 0. The summed E-state index contributed by atoms with van der Waals surface area (Å²) in [6.45, 7) is 0.619. The maximum absolute atomic E-state index is 13.5. The third-order valence-electron chi connectivity index (χ3n) is 6.98. The van der Waals surface area contributed by atoms with E-state index in [9.17, 15) is 19.2 Å². The molecule has 2 aromatic carbocycles. The van der Waals surface area contributed by atoms with E-state index in [1.807, 2.05) is 48.5 Å². The van der Waals surface area contributed by atoms with Crippen LogP contribution in [0.5, 0.6) is 0 Å². The number of amides is 1. The maximum Gasteiger partial charge on any atom is 0.251 e.